The molecule has 1 atom stereocenters. The van der Waals surface area contributed by atoms with Crippen LogP contribution in [-0.2, 0) is 25.4 Å². The molecule has 2 aromatic heterocycles. The number of rotatable bonds is 13. The molecule has 2 aromatic carbocycles. The second kappa shape index (κ2) is 12.1. The molecule has 2 heterocycles. The van der Waals surface area contributed by atoms with Gasteiger partial charge in [-0.05, 0) is 32.2 Å². The van der Waals surface area contributed by atoms with Crippen molar-refractivity contribution in [1.82, 2.24) is 29.5 Å². The summed E-state index contributed by atoms with van der Waals surface area (Å²) < 4.78 is 32.7. The van der Waals surface area contributed by atoms with E-state index < -0.39 is 18.8 Å². The molecule has 14 heteroatoms. The highest BCUT2D eigenvalue weighted by Gasteiger charge is 2.37. The van der Waals surface area contributed by atoms with E-state index in [4.69, 9.17) is 13.8 Å². The van der Waals surface area contributed by atoms with Crippen LogP contribution in [0.25, 0.3) is 21.9 Å². The van der Waals surface area contributed by atoms with Crippen LogP contribution in [0.15, 0.2) is 58.6 Å². The fraction of sp³-hybridized carbons (Fsp3) is 0.346. The molecule has 0 fully saturated rings. The Hall–Kier alpha value is -3.90. The smallest absolute Gasteiger partial charge is 0.413 e. The Morgan fingerprint density at radius 1 is 1.20 bits per heavy atom. The first kappa shape index (κ1) is 29.1. The predicted molar refractivity (Wildman–Crippen MR) is 152 cm³/mol. The van der Waals surface area contributed by atoms with Gasteiger partial charge in [-0.15, -0.1) is 0 Å². The summed E-state index contributed by atoms with van der Waals surface area (Å²) in [6, 6.07) is 12.9. The molecule has 0 saturated carbocycles. The number of ketones is 1. The number of carbonyl (C=O) groups is 1. The van der Waals surface area contributed by atoms with Gasteiger partial charge >= 0.3 is 7.75 Å². The summed E-state index contributed by atoms with van der Waals surface area (Å²) in [7, 11) is -0.448. The lowest BCUT2D eigenvalue weighted by atomic mass is 10.0. The maximum atomic E-state index is 13.9. The molecule has 40 heavy (non-hydrogen) atoms. The molecular formula is C26H32N7O6P. The van der Waals surface area contributed by atoms with Gasteiger partial charge in [-0.1, -0.05) is 36.4 Å². The van der Waals surface area contributed by atoms with Crippen LogP contribution >= 0.6 is 7.75 Å². The molecule has 0 saturated heterocycles. The van der Waals surface area contributed by atoms with E-state index in [1.807, 2.05) is 30.3 Å². The Morgan fingerprint density at radius 3 is 2.70 bits per heavy atom. The number of Topliss-reactive ketones (excluding diaryl/α,β-unsaturated/α-hetero) is 1. The van der Waals surface area contributed by atoms with Gasteiger partial charge in [0.25, 0.3) is 5.56 Å². The van der Waals surface area contributed by atoms with Crippen molar-refractivity contribution in [3.05, 3.63) is 59.1 Å². The minimum absolute atomic E-state index is 0.00596. The highest BCUT2D eigenvalue weighted by atomic mass is 31.2. The lowest BCUT2D eigenvalue weighted by Gasteiger charge is -2.29. The maximum absolute atomic E-state index is 13.9. The summed E-state index contributed by atoms with van der Waals surface area (Å²) >= 11 is 0. The van der Waals surface area contributed by atoms with Crippen LogP contribution in [0.5, 0.6) is 5.75 Å². The van der Waals surface area contributed by atoms with Crippen molar-refractivity contribution in [3.63, 3.8) is 0 Å². The normalized spacial score (nSPS) is 13.6. The highest BCUT2D eigenvalue weighted by Crippen LogP contribution is 2.47. The molecule has 13 nitrogen and oxygen atoms in total. The molecule has 4 rings (SSSR count). The Bertz CT molecular complexity index is 1640. The van der Waals surface area contributed by atoms with E-state index in [9.17, 15) is 14.2 Å². The Kier molecular flexibility index (Phi) is 8.79. The van der Waals surface area contributed by atoms with E-state index in [1.165, 1.54) is 19.6 Å². The summed E-state index contributed by atoms with van der Waals surface area (Å²) in [6.45, 7) is 4.48. The fourth-order valence-corrected chi connectivity index (χ4v) is 5.29. The summed E-state index contributed by atoms with van der Waals surface area (Å²) in [6.07, 6.45) is 2.94. The number of ether oxygens (including phenoxy) is 1. The molecule has 0 bridgehead atoms. The van der Waals surface area contributed by atoms with Gasteiger partial charge in [0.1, 0.15) is 18.3 Å². The third-order valence-corrected chi connectivity index (χ3v) is 7.65. The molecule has 0 aliphatic heterocycles. The number of aromatic nitrogens is 4. The molecule has 0 aliphatic carbocycles. The molecule has 212 valence electrons. The van der Waals surface area contributed by atoms with Crippen molar-refractivity contribution in [3.8, 4) is 5.75 Å². The summed E-state index contributed by atoms with van der Waals surface area (Å²) in [4.78, 5) is 41.4. The Balaban J connectivity index is 1.45. The largest absolute Gasteiger partial charge is 0.459 e. The quantitative estimate of drug-likeness (QED) is 0.106. The van der Waals surface area contributed by atoms with E-state index in [1.54, 1.807) is 49.5 Å². The second-order valence-electron chi connectivity index (χ2n) is 9.71. The number of hydrogen-bond acceptors (Lipinski definition) is 9. The molecule has 4 aromatic rings. The van der Waals surface area contributed by atoms with Gasteiger partial charge in [0.2, 0.25) is 5.95 Å². The first-order valence-corrected chi connectivity index (χ1v) is 14.0. The third-order valence-electron chi connectivity index (χ3n) is 5.86. The van der Waals surface area contributed by atoms with E-state index in [-0.39, 0.29) is 37.2 Å². The molecule has 0 radical (unpaired) electrons. The van der Waals surface area contributed by atoms with Gasteiger partial charge in [-0.2, -0.15) is 10.1 Å². The van der Waals surface area contributed by atoms with Crippen LogP contribution in [0.1, 0.15) is 20.8 Å². The average molecular weight is 570 g/mol. The van der Waals surface area contributed by atoms with Gasteiger partial charge in [0.05, 0.1) is 31.4 Å². The van der Waals surface area contributed by atoms with E-state index in [0.29, 0.717) is 11.4 Å². The van der Waals surface area contributed by atoms with Crippen LogP contribution < -0.4 is 15.2 Å². The van der Waals surface area contributed by atoms with Gasteiger partial charge in [0.15, 0.2) is 11.2 Å². The number of aromatic amines is 1. The lowest BCUT2D eigenvalue weighted by Crippen LogP contribution is -2.44. The average Bonchev–Trinajstić information content (AvgIpc) is 3.30. The number of benzene rings is 2. The van der Waals surface area contributed by atoms with Gasteiger partial charge < -0.3 is 14.2 Å². The number of aliphatic imine (C=N–C) groups is 1. The van der Waals surface area contributed by atoms with Gasteiger partial charge in [-0.25, -0.2) is 14.5 Å². The number of H-pyrrole nitrogens is 1. The number of hydrogen-bond donors (Lipinski definition) is 2. The number of carbonyl (C=O) groups excluding carboxylic acids is 1. The zero-order chi connectivity index (χ0) is 28.9. The zero-order valence-electron chi connectivity index (χ0n) is 23.0. The SMILES string of the molecule is CC(=O)C(C)(C)NP(=O)(OCCOCn1cnc2c(=O)[nH]c(/N=C/N(C)C)nc21)Oc1cccc2ccccc12. The van der Waals surface area contributed by atoms with Crippen LogP contribution in [-0.4, -0.2) is 69.4 Å². The van der Waals surface area contributed by atoms with E-state index in [0.717, 1.165) is 10.8 Å². The second-order valence-corrected chi connectivity index (χ2v) is 11.4. The first-order valence-electron chi connectivity index (χ1n) is 12.4. The molecule has 0 amide bonds. The Labute approximate surface area is 230 Å². The van der Waals surface area contributed by atoms with Crippen molar-refractivity contribution < 1.29 is 23.1 Å². The molecule has 1 unspecified atom stereocenters. The van der Waals surface area contributed by atoms with E-state index >= 15 is 0 Å². The minimum atomic E-state index is -4.04. The number of nitrogens with zero attached hydrogens (tertiary/aromatic N) is 5. The predicted octanol–water partition coefficient (Wildman–Crippen LogP) is 3.63. The van der Waals surface area contributed by atoms with Gasteiger partial charge in [-0.3, -0.25) is 23.7 Å². The number of imidazole rings is 1. The van der Waals surface area contributed by atoms with Crippen molar-refractivity contribution in [2.75, 3.05) is 27.3 Å². The first-order chi connectivity index (χ1) is 19.0. The number of fused-ring (bicyclic) bond motifs is 2. The number of nitrogens with one attached hydrogen (secondary N) is 2. The van der Waals surface area contributed by atoms with Gasteiger partial charge in [0, 0.05) is 19.5 Å². The molecular weight excluding hydrogens is 537 g/mol. The maximum Gasteiger partial charge on any atom is 0.459 e. The molecule has 2 N–H and O–H groups in total. The van der Waals surface area contributed by atoms with E-state index in [2.05, 4.69) is 25.0 Å². The monoisotopic (exact) mass is 569 g/mol. The summed E-state index contributed by atoms with van der Waals surface area (Å²) in [5, 5.41) is 4.41. The van der Waals surface area contributed by atoms with Crippen molar-refractivity contribution in [1.29, 1.82) is 0 Å². The van der Waals surface area contributed by atoms with Crippen LogP contribution in [0.3, 0.4) is 0 Å². The standard InChI is InChI=1S/C26H32N7O6P/c1-18(34)26(2,3)31-40(36,39-21-12-8-10-19-9-6-7-11-20(19)21)38-14-13-37-17-33-16-27-22-23(33)29-25(30-24(22)35)28-15-32(4)5/h6-12,15-16H,13-14,17H2,1-5H3,(H,31,36)(H,29,30,35)/b28-15+. The Morgan fingerprint density at radius 2 is 1.95 bits per heavy atom. The van der Waals surface area contributed by atoms with Crippen LogP contribution in [0.2, 0.25) is 0 Å². The van der Waals surface area contributed by atoms with Crippen LogP contribution in [0, 0.1) is 0 Å². The lowest BCUT2D eigenvalue weighted by molar-refractivity contribution is -0.121. The molecule has 0 spiro atoms. The topological polar surface area (TPSA) is 153 Å². The highest BCUT2D eigenvalue weighted by molar-refractivity contribution is 7.52. The van der Waals surface area contributed by atoms with Crippen molar-refractivity contribution >= 4 is 47.8 Å². The minimum Gasteiger partial charge on any atom is -0.413 e. The zero-order valence-corrected chi connectivity index (χ0v) is 23.8. The summed E-state index contributed by atoms with van der Waals surface area (Å²) in [5.41, 5.74) is -1.16. The molecule has 0 aliphatic rings. The summed E-state index contributed by atoms with van der Waals surface area (Å²) in [5.74, 6) is 0.239. The van der Waals surface area contributed by atoms with Crippen molar-refractivity contribution in [2.24, 2.45) is 4.99 Å². The van der Waals surface area contributed by atoms with Crippen molar-refractivity contribution in [2.45, 2.75) is 33.0 Å². The van der Waals surface area contributed by atoms with Crippen LogP contribution in [0.4, 0.5) is 5.95 Å². The third kappa shape index (κ3) is 6.99. The fourth-order valence-electron chi connectivity index (χ4n) is 3.55.